The Morgan fingerprint density at radius 2 is 1.62 bits per heavy atom. The number of H-pyrrole nitrogens is 2. The van der Waals surface area contributed by atoms with Crippen molar-refractivity contribution in [1.82, 2.24) is 40.7 Å². The summed E-state index contributed by atoms with van der Waals surface area (Å²) in [7, 11) is 1.45. The topological polar surface area (TPSA) is 283 Å². The van der Waals surface area contributed by atoms with Crippen LogP contribution in [0.1, 0.15) is 51.0 Å². The molecule has 0 bridgehead atoms. The Balaban J connectivity index is 1.31. The lowest BCUT2D eigenvalue weighted by atomic mass is 10.0. The average Bonchev–Trinajstić information content (AvgIpc) is 3.79. The van der Waals surface area contributed by atoms with Gasteiger partial charge in [0.25, 0.3) is 5.56 Å². The van der Waals surface area contributed by atoms with Crippen LogP contribution in [0.15, 0.2) is 82.6 Å². The zero-order chi connectivity index (χ0) is 43.7. The largest absolute Gasteiger partial charge is 0.480 e. The first-order valence-corrected chi connectivity index (χ1v) is 19.7. The minimum absolute atomic E-state index is 0.00294. The van der Waals surface area contributed by atoms with Gasteiger partial charge in [0, 0.05) is 55.8 Å². The predicted octanol–water partition coefficient (Wildman–Crippen LogP) is 0.0940. The number of nitrogens with zero attached hydrogens (tertiary/aromatic N) is 2. The summed E-state index contributed by atoms with van der Waals surface area (Å²) in [5, 5.41) is 32.0. The molecular weight excluding hydrogens is 779 g/mol. The molecule has 19 nitrogen and oxygen atoms in total. The number of carbonyl (C=O) groups excluding carboxylic acids is 4. The molecule has 19 heteroatoms. The van der Waals surface area contributed by atoms with Gasteiger partial charge < -0.3 is 51.8 Å². The van der Waals surface area contributed by atoms with Crippen molar-refractivity contribution in [2.24, 2.45) is 11.7 Å². The molecule has 8 atom stereocenters. The Morgan fingerprint density at radius 3 is 2.30 bits per heavy atom. The summed E-state index contributed by atoms with van der Waals surface area (Å²) in [5.74, 6) is -3.48. The van der Waals surface area contributed by atoms with E-state index in [9.17, 15) is 43.8 Å². The second-order valence-electron chi connectivity index (χ2n) is 15.4. The number of aromatic amines is 2. The molecule has 60 heavy (non-hydrogen) atoms. The van der Waals surface area contributed by atoms with E-state index in [-0.39, 0.29) is 38.1 Å². The van der Waals surface area contributed by atoms with Crippen molar-refractivity contribution in [3.8, 4) is 0 Å². The number of hydrogen-bond donors (Lipinski definition) is 9. The minimum atomic E-state index is -1.42. The van der Waals surface area contributed by atoms with Gasteiger partial charge in [-0.25, -0.2) is 14.4 Å². The van der Waals surface area contributed by atoms with Gasteiger partial charge in [-0.05, 0) is 42.9 Å². The summed E-state index contributed by atoms with van der Waals surface area (Å²) in [5.41, 5.74) is 7.18. The maximum atomic E-state index is 14.1. The normalized spacial score (nSPS) is 18.8. The van der Waals surface area contributed by atoms with Crippen LogP contribution in [0.2, 0.25) is 0 Å². The van der Waals surface area contributed by atoms with Crippen molar-refractivity contribution in [1.29, 1.82) is 0 Å². The Kier molecular flexibility index (Phi) is 15.0. The van der Waals surface area contributed by atoms with Gasteiger partial charge in [0.2, 0.25) is 17.7 Å². The fourth-order valence-corrected chi connectivity index (χ4v) is 7.15. The minimum Gasteiger partial charge on any atom is -0.480 e. The van der Waals surface area contributed by atoms with Gasteiger partial charge in [-0.15, -0.1) is 0 Å². The molecule has 3 heterocycles. The monoisotopic (exact) mass is 831 g/mol. The fraction of sp³-hybridized carbons (Fsp3) is 0.439. The van der Waals surface area contributed by atoms with Gasteiger partial charge in [-0.1, -0.05) is 62.4 Å². The summed E-state index contributed by atoms with van der Waals surface area (Å²) >= 11 is 0. The number of para-hydroxylation sites is 1. The van der Waals surface area contributed by atoms with Gasteiger partial charge in [0.1, 0.15) is 24.2 Å². The van der Waals surface area contributed by atoms with E-state index in [1.165, 1.54) is 18.1 Å². The quantitative estimate of drug-likeness (QED) is 0.0648. The van der Waals surface area contributed by atoms with E-state index in [1.807, 2.05) is 68.4 Å². The number of rotatable bonds is 18. The van der Waals surface area contributed by atoms with E-state index in [0.717, 1.165) is 27.1 Å². The number of ether oxygens (including phenoxy) is 1. The highest BCUT2D eigenvalue weighted by atomic mass is 16.5. The average molecular weight is 832 g/mol. The molecule has 2 aromatic heterocycles. The molecular formula is C41H53N9O10. The highest BCUT2D eigenvalue weighted by molar-refractivity contribution is 5.93. The summed E-state index contributed by atoms with van der Waals surface area (Å²) < 4.78 is 6.89. The molecule has 0 radical (unpaired) electrons. The highest BCUT2D eigenvalue weighted by Crippen LogP contribution is 2.27. The third kappa shape index (κ3) is 11.5. The Bertz CT molecular complexity index is 2260. The van der Waals surface area contributed by atoms with E-state index >= 15 is 0 Å². The molecule has 1 aliphatic heterocycles. The van der Waals surface area contributed by atoms with Crippen LogP contribution in [0.5, 0.6) is 0 Å². The Morgan fingerprint density at radius 1 is 0.933 bits per heavy atom. The molecule has 1 saturated heterocycles. The number of aliphatic hydroxyl groups excluding tert-OH is 1. The third-order valence-corrected chi connectivity index (χ3v) is 10.5. The summed E-state index contributed by atoms with van der Waals surface area (Å²) in [6.07, 6.45) is -0.0191. The summed E-state index contributed by atoms with van der Waals surface area (Å²) in [6.45, 7) is 4.99. The standard InChI is InChI=1S/C41H53N9O10/c1-22(2)16-30(45-40(58)46-31(39(56)57)18-25-20-43-29-13-9-8-12-27(25)29)35(53)48-34(23(3)49(4)37(55)28(42)17-24-10-6-5-7-11-24)36(54)44-21-26-19-32(51)38(60-26)50-15-14-33(52)47-41(50)59/h5-15,20,22-23,26,28,30-32,34,38,43,51H,16-19,21,42H2,1-4H3,(H,44,54)(H,48,53)(H,56,57)(H2,45,46,58)(H,47,52,59)/t23-,26+,28-,30-,31-,32+,34-,38+/m0/s1. The fourth-order valence-electron chi connectivity index (χ4n) is 7.15. The number of fused-ring (bicyclic) bond motifs is 1. The zero-order valence-corrected chi connectivity index (χ0v) is 33.8. The molecule has 0 spiro atoms. The van der Waals surface area contributed by atoms with Crippen molar-refractivity contribution in [3.05, 3.63) is 105 Å². The van der Waals surface area contributed by atoms with E-state index in [0.29, 0.717) is 5.56 Å². The molecule has 0 unspecified atom stereocenters. The third-order valence-electron chi connectivity index (χ3n) is 10.5. The van der Waals surface area contributed by atoms with Crippen LogP contribution < -0.4 is 38.2 Å². The van der Waals surface area contributed by atoms with E-state index in [4.69, 9.17) is 10.5 Å². The number of carbonyl (C=O) groups is 5. The predicted molar refractivity (Wildman–Crippen MR) is 219 cm³/mol. The number of aliphatic hydroxyl groups is 1. The van der Waals surface area contributed by atoms with E-state index < -0.39 is 89.6 Å². The smallest absolute Gasteiger partial charge is 0.330 e. The maximum absolute atomic E-state index is 14.1. The van der Waals surface area contributed by atoms with Crippen LogP contribution in [-0.2, 0) is 36.8 Å². The first-order chi connectivity index (χ1) is 28.5. The number of urea groups is 1. The zero-order valence-electron chi connectivity index (χ0n) is 33.8. The molecule has 322 valence electrons. The van der Waals surface area contributed by atoms with Gasteiger partial charge in [0.15, 0.2) is 6.23 Å². The Labute approximate surface area is 345 Å². The van der Waals surface area contributed by atoms with Crippen molar-refractivity contribution in [2.75, 3.05) is 13.6 Å². The number of hydrogen-bond acceptors (Lipinski definition) is 10. The van der Waals surface area contributed by atoms with E-state index in [2.05, 4.69) is 31.2 Å². The van der Waals surface area contributed by atoms with Crippen LogP contribution in [0.3, 0.4) is 0 Å². The van der Waals surface area contributed by atoms with Crippen LogP contribution in [-0.4, -0.2) is 115 Å². The van der Waals surface area contributed by atoms with Crippen LogP contribution in [0.4, 0.5) is 4.79 Å². The van der Waals surface area contributed by atoms with Gasteiger partial charge in [0.05, 0.1) is 18.2 Å². The molecule has 0 aliphatic carbocycles. The first kappa shape index (κ1) is 44.8. The Hall–Kier alpha value is -6.31. The lowest BCUT2D eigenvalue weighted by Gasteiger charge is -2.34. The van der Waals surface area contributed by atoms with Gasteiger partial charge in [-0.3, -0.25) is 28.7 Å². The second kappa shape index (κ2) is 20.1. The molecule has 5 amide bonds. The summed E-state index contributed by atoms with van der Waals surface area (Å²) in [6, 6.07) is 10.6. The van der Waals surface area contributed by atoms with Crippen molar-refractivity contribution >= 4 is 40.6 Å². The number of carboxylic acid groups (broad SMARTS) is 1. The maximum Gasteiger partial charge on any atom is 0.330 e. The summed E-state index contributed by atoms with van der Waals surface area (Å²) in [4.78, 5) is 97.8. The van der Waals surface area contributed by atoms with E-state index in [1.54, 1.807) is 13.1 Å². The van der Waals surface area contributed by atoms with Crippen molar-refractivity contribution in [2.45, 2.75) is 95.1 Å². The number of nitrogens with one attached hydrogen (secondary N) is 6. The van der Waals surface area contributed by atoms with Gasteiger partial charge in [-0.2, -0.15) is 0 Å². The number of aromatic nitrogens is 3. The second-order valence-corrected chi connectivity index (χ2v) is 15.4. The van der Waals surface area contributed by atoms with Crippen LogP contribution >= 0.6 is 0 Å². The molecule has 0 saturated carbocycles. The molecule has 1 fully saturated rings. The number of amides is 5. The SMILES string of the molecule is CC(C)C[C@H](NC(=O)N[C@@H](Cc1c[nH]c2ccccc12)C(=O)O)C(=O)N[C@H](C(=O)NC[C@H]1C[C@@H](O)[C@H](n2ccc(=O)[nH]c2=O)O1)[C@H](C)N(C)C(=O)[C@@H](N)Cc1ccccc1. The number of carboxylic acids is 1. The van der Waals surface area contributed by atoms with Crippen molar-refractivity contribution in [3.63, 3.8) is 0 Å². The lowest BCUT2D eigenvalue weighted by molar-refractivity contribution is -0.139. The number of likely N-dealkylation sites (N-methyl/N-ethyl adjacent to an activating group) is 1. The molecule has 2 aromatic carbocycles. The molecule has 1 aliphatic rings. The van der Waals surface area contributed by atoms with Crippen LogP contribution in [0, 0.1) is 5.92 Å². The number of benzene rings is 2. The molecule has 4 aromatic rings. The lowest BCUT2D eigenvalue weighted by Crippen LogP contribution is -2.63. The molecule has 5 rings (SSSR count). The number of nitrogens with two attached hydrogens (primary N) is 1. The number of aliphatic carboxylic acids is 1. The first-order valence-electron chi connectivity index (χ1n) is 19.7. The van der Waals surface area contributed by atoms with Gasteiger partial charge >= 0.3 is 17.7 Å². The van der Waals surface area contributed by atoms with Crippen LogP contribution in [0.25, 0.3) is 10.9 Å². The molecule has 10 N–H and O–H groups in total. The highest BCUT2D eigenvalue weighted by Gasteiger charge is 2.39. The van der Waals surface area contributed by atoms with Crippen molar-refractivity contribution < 1.29 is 38.9 Å².